The van der Waals surface area contributed by atoms with E-state index in [9.17, 15) is 4.79 Å². The average Bonchev–Trinajstić information content (AvgIpc) is 2.84. The maximum Gasteiger partial charge on any atom is 0.249 e. The van der Waals surface area contributed by atoms with Crippen LogP contribution in [-0.2, 0) is 11.8 Å². The third kappa shape index (κ3) is 3.03. The van der Waals surface area contributed by atoms with Gasteiger partial charge in [-0.2, -0.15) is 0 Å². The lowest BCUT2D eigenvalue weighted by atomic mass is 9.96. The zero-order valence-corrected chi connectivity index (χ0v) is 12.0. The molecule has 1 aliphatic rings. The molecule has 1 atom stereocenters. The van der Waals surface area contributed by atoms with Crippen molar-refractivity contribution in [3.8, 4) is 0 Å². The molecule has 0 radical (unpaired) electrons. The van der Waals surface area contributed by atoms with Crippen molar-refractivity contribution >= 4 is 5.91 Å². The molecule has 1 amide bonds. The number of piperidine rings is 1. The summed E-state index contributed by atoms with van der Waals surface area (Å²) in [5, 5.41) is 8.10. The van der Waals surface area contributed by atoms with Gasteiger partial charge >= 0.3 is 0 Å². The molecule has 0 spiro atoms. The van der Waals surface area contributed by atoms with Gasteiger partial charge in [0.2, 0.25) is 5.91 Å². The van der Waals surface area contributed by atoms with Crippen molar-refractivity contribution in [2.24, 2.45) is 7.05 Å². The minimum absolute atomic E-state index is 0.161. The van der Waals surface area contributed by atoms with Gasteiger partial charge in [0.25, 0.3) is 0 Å². The first-order chi connectivity index (χ1) is 9.13. The Kier molecular flexibility index (Phi) is 4.35. The number of amides is 1. The van der Waals surface area contributed by atoms with Crippen molar-refractivity contribution in [1.29, 1.82) is 0 Å². The number of hydrogen-bond donors (Lipinski definition) is 0. The normalized spacial score (nSPS) is 20.7. The average molecular weight is 262 g/mol. The van der Waals surface area contributed by atoms with E-state index in [0.717, 1.165) is 43.7 Å². The zero-order valence-electron chi connectivity index (χ0n) is 12.0. The summed E-state index contributed by atoms with van der Waals surface area (Å²) in [4.78, 5) is 14.3. The molecule has 0 unspecified atom stereocenters. The number of aromatic nitrogens is 3. The van der Waals surface area contributed by atoms with E-state index in [1.54, 1.807) is 6.33 Å². The van der Waals surface area contributed by atoms with Crippen LogP contribution in [0, 0.1) is 0 Å². The topological polar surface area (TPSA) is 51.0 Å². The molecule has 1 aromatic heterocycles. The molecule has 2 heterocycles. The Bertz CT molecular complexity index is 478. The molecule has 0 N–H and O–H groups in total. The standard InChI is InChI=1S/C14H22N4O/c1-4-6-11(2)14(19)18-8-5-7-12(9-18)13-16-15-10-17(13)3/h6,10,12H,4-5,7-9H2,1-3H3/b11-6-/t12-/m1/s1. The van der Waals surface area contributed by atoms with Crippen molar-refractivity contribution in [2.75, 3.05) is 13.1 Å². The van der Waals surface area contributed by atoms with Crippen LogP contribution in [0.15, 0.2) is 18.0 Å². The van der Waals surface area contributed by atoms with Crippen LogP contribution in [0.5, 0.6) is 0 Å². The van der Waals surface area contributed by atoms with Crippen LogP contribution >= 0.6 is 0 Å². The third-order valence-corrected chi connectivity index (χ3v) is 3.67. The highest BCUT2D eigenvalue weighted by Gasteiger charge is 2.27. The number of nitrogens with zero attached hydrogens (tertiary/aromatic N) is 4. The number of likely N-dealkylation sites (tertiary alicyclic amines) is 1. The molecule has 19 heavy (non-hydrogen) atoms. The van der Waals surface area contributed by atoms with Crippen LogP contribution in [0.3, 0.4) is 0 Å². The Labute approximate surface area is 114 Å². The third-order valence-electron chi connectivity index (χ3n) is 3.67. The van der Waals surface area contributed by atoms with E-state index in [1.165, 1.54) is 0 Å². The predicted octanol–water partition coefficient (Wildman–Crippen LogP) is 1.88. The van der Waals surface area contributed by atoms with Gasteiger partial charge in [-0.15, -0.1) is 10.2 Å². The molecule has 0 aromatic carbocycles. The number of aryl methyl sites for hydroxylation is 1. The van der Waals surface area contributed by atoms with Gasteiger partial charge in [-0.3, -0.25) is 4.79 Å². The van der Waals surface area contributed by atoms with E-state index in [1.807, 2.05) is 29.5 Å². The first-order valence-electron chi connectivity index (χ1n) is 6.93. The largest absolute Gasteiger partial charge is 0.338 e. The van der Waals surface area contributed by atoms with Crippen LogP contribution in [0.25, 0.3) is 0 Å². The highest BCUT2D eigenvalue weighted by Crippen LogP contribution is 2.25. The lowest BCUT2D eigenvalue weighted by Gasteiger charge is -2.32. The lowest BCUT2D eigenvalue weighted by Crippen LogP contribution is -2.40. The molecule has 0 saturated carbocycles. The Morgan fingerprint density at radius 1 is 1.58 bits per heavy atom. The maximum atomic E-state index is 12.3. The quantitative estimate of drug-likeness (QED) is 0.781. The molecule has 1 fully saturated rings. The van der Waals surface area contributed by atoms with E-state index in [4.69, 9.17) is 0 Å². The Balaban J connectivity index is 2.07. The number of allylic oxidation sites excluding steroid dienone is 1. The molecule has 104 valence electrons. The van der Waals surface area contributed by atoms with Crippen LogP contribution in [0.2, 0.25) is 0 Å². The summed E-state index contributed by atoms with van der Waals surface area (Å²) in [6.07, 6.45) is 6.72. The first-order valence-corrected chi connectivity index (χ1v) is 6.93. The summed E-state index contributed by atoms with van der Waals surface area (Å²) in [6, 6.07) is 0. The van der Waals surface area contributed by atoms with Crippen molar-refractivity contribution in [3.05, 3.63) is 23.8 Å². The molecule has 1 aromatic rings. The van der Waals surface area contributed by atoms with E-state index in [2.05, 4.69) is 17.1 Å². The molecule has 2 rings (SSSR count). The van der Waals surface area contributed by atoms with Gasteiger partial charge in [0, 0.05) is 31.6 Å². The van der Waals surface area contributed by atoms with Gasteiger partial charge in [0.15, 0.2) is 0 Å². The minimum Gasteiger partial charge on any atom is -0.338 e. The highest BCUT2D eigenvalue weighted by molar-refractivity contribution is 5.92. The number of rotatable bonds is 3. The smallest absolute Gasteiger partial charge is 0.249 e. The Morgan fingerprint density at radius 3 is 3.00 bits per heavy atom. The Hall–Kier alpha value is -1.65. The van der Waals surface area contributed by atoms with Gasteiger partial charge in [-0.25, -0.2) is 0 Å². The van der Waals surface area contributed by atoms with Crippen molar-refractivity contribution in [1.82, 2.24) is 19.7 Å². The van der Waals surface area contributed by atoms with Gasteiger partial charge in [-0.1, -0.05) is 13.0 Å². The lowest BCUT2D eigenvalue weighted by molar-refractivity contribution is -0.128. The molecule has 0 bridgehead atoms. The monoisotopic (exact) mass is 262 g/mol. The van der Waals surface area contributed by atoms with E-state index in [-0.39, 0.29) is 5.91 Å². The van der Waals surface area contributed by atoms with Gasteiger partial charge in [0.05, 0.1) is 0 Å². The van der Waals surface area contributed by atoms with Gasteiger partial charge < -0.3 is 9.47 Å². The number of hydrogen-bond acceptors (Lipinski definition) is 3. The summed E-state index contributed by atoms with van der Waals surface area (Å²) >= 11 is 0. The van der Waals surface area contributed by atoms with Crippen LogP contribution in [0.1, 0.15) is 44.9 Å². The molecule has 5 nitrogen and oxygen atoms in total. The van der Waals surface area contributed by atoms with Crippen LogP contribution < -0.4 is 0 Å². The van der Waals surface area contributed by atoms with Crippen molar-refractivity contribution in [3.63, 3.8) is 0 Å². The molecule has 0 aliphatic carbocycles. The van der Waals surface area contributed by atoms with E-state index < -0.39 is 0 Å². The Morgan fingerprint density at radius 2 is 2.37 bits per heavy atom. The fourth-order valence-corrected chi connectivity index (χ4v) is 2.68. The SMILES string of the molecule is CC/C=C(/C)C(=O)N1CCC[C@@H](c2nncn2C)C1. The molecule has 1 saturated heterocycles. The van der Waals surface area contributed by atoms with Crippen LogP contribution in [0.4, 0.5) is 0 Å². The summed E-state index contributed by atoms with van der Waals surface area (Å²) in [6.45, 7) is 5.55. The second-order valence-corrected chi connectivity index (χ2v) is 5.19. The fraction of sp³-hybridized carbons (Fsp3) is 0.643. The second-order valence-electron chi connectivity index (χ2n) is 5.19. The summed E-state index contributed by atoms with van der Waals surface area (Å²) in [5.74, 6) is 1.45. The summed E-state index contributed by atoms with van der Waals surface area (Å²) in [7, 11) is 1.96. The molecular weight excluding hydrogens is 240 g/mol. The number of carbonyl (C=O) groups is 1. The molecule has 1 aliphatic heterocycles. The number of carbonyl (C=O) groups excluding carboxylic acids is 1. The maximum absolute atomic E-state index is 12.3. The highest BCUT2D eigenvalue weighted by atomic mass is 16.2. The minimum atomic E-state index is 0.161. The van der Waals surface area contributed by atoms with Crippen molar-refractivity contribution in [2.45, 2.75) is 39.0 Å². The summed E-state index contributed by atoms with van der Waals surface area (Å²) < 4.78 is 1.95. The fourth-order valence-electron chi connectivity index (χ4n) is 2.68. The second kappa shape index (κ2) is 5.99. The first kappa shape index (κ1) is 13.8. The van der Waals surface area contributed by atoms with Crippen LogP contribution in [-0.4, -0.2) is 38.7 Å². The summed E-state index contributed by atoms with van der Waals surface area (Å²) in [5.41, 5.74) is 0.848. The predicted molar refractivity (Wildman–Crippen MR) is 73.6 cm³/mol. The molecule has 5 heteroatoms. The zero-order chi connectivity index (χ0) is 13.8. The van der Waals surface area contributed by atoms with E-state index in [0.29, 0.717) is 5.92 Å². The molecular formula is C14H22N4O. The van der Waals surface area contributed by atoms with Crippen molar-refractivity contribution < 1.29 is 4.79 Å². The van der Waals surface area contributed by atoms with Gasteiger partial charge in [0.1, 0.15) is 12.2 Å². The van der Waals surface area contributed by atoms with E-state index >= 15 is 0 Å². The van der Waals surface area contributed by atoms with Gasteiger partial charge in [-0.05, 0) is 26.2 Å².